The molecule has 0 aromatic heterocycles. The van der Waals surface area contributed by atoms with E-state index in [9.17, 15) is 0 Å². The van der Waals surface area contributed by atoms with Crippen LogP contribution in [-0.2, 0) is 37.5 Å². The van der Waals surface area contributed by atoms with Crippen molar-refractivity contribution < 1.29 is 37.5 Å². The molecule has 0 N–H and O–H groups in total. The summed E-state index contributed by atoms with van der Waals surface area (Å²) in [6.07, 6.45) is 11.3. The summed E-state index contributed by atoms with van der Waals surface area (Å²) in [5, 5.41) is 6.38. The van der Waals surface area contributed by atoms with Gasteiger partial charge in [-0.15, -0.1) is 35.6 Å². The Morgan fingerprint density at radius 3 is 0.833 bits per heavy atom. The van der Waals surface area contributed by atoms with Gasteiger partial charge >= 0.3 is 0 Å². The molecule has 0 radical (unpaired) electrons. The van der Waals surface area contributed by atoms with Gasteiger partial charge in [0.15, 0.2) is 0 Å². The Balaban J connectivity index is 0.000000361. The van der Waals surface area contributed by atoms with Gasteiger partial charge in [-0.05, 0) is 74.1 Å². The molecule has 2 fully saturated rings. The van der Waals surface area contributed by atoms with Crippen molar-refractivity contribution in [1.29, 1.82) is 0 Å². The number of hydrogen-bond donors (Lipinski definition) is 0. The Kier molecular flexibility index (Phi) is 22.0. The quantitative estimate of drug-likeness (QED) is 0.104. The first-order valence-corrected chi connectivity index (χ1v) is 18.1. The second-order valence-corrected chi connectivity index (χ2v) is 15.9. The second kappa shape index (κ2) is 23.2. The van der Waals surface area contributed by atoms with Crippen molar-refractivity contribution in [1.82, 2.24) is 0 Å². The van der Waals surface area contributed by atoms with Crippen LogP contribution in [0.5, 0.6) is 0 Å². The summed E-state index contributed by atoms with van der Waals surface area (Å²) in [6.45, 7) is 0. The average molecular weight is 792 g/mol. The molecule has 0 nitrogen and oxygen atoms in total. The maximum absolute atomic E-state index is 4.76. The molecule has 6 rings (SSSR count). The summed E-state index contributed by atoms with van der Waals surface area (Å²) >= 11 is 9.53. The maximum Gasteiger partial charge on any atom is 0.0967 e. The second-order valence-electron chi connectivity index (χ2n) is 10.1. The van der Waals surface area contributed by atoms with E-state index in [2.05, 4.69) is 121 Å². The van der Waals surface area contributed by atoms with Gasteiger partial charge in [0.05, 0.1) is 5.34 Å². The molecule has 2 aliphatic carbocycles. The molecule has 0 bridgehead atoms. The van der Waals surface area contributed by atoms with E-state index in [0.717, 1.165) is 11.3 Å². The van der Waals surface area contributed by atoms with E-state index in [-0.39, 0.29) is 71.1 Å². The third-order valence-electron chi connectivity index (χ3n) is 7.52. The Hall–Kier alpha value is -0.208. The minimum absolute atomic E-state index is 0. The van der Waals surface area contributed by atoms with Crippen molar-refractivity contribution in [3.8, 4) is 0 Å². The van der Waals surface area contributed by atoms with Gasteiger partial charge in [0.25, 0.3) is 0 Å². The zero-order chi connectivity index (χ0) is 27.1. The smallest absolute Gasteiger partial charge is 0.0967 e. The van der Waals surface area contributed by atoms with E-state index in [4.69, 9.17) is 23.2 Å². The topological polar surface area (TPSA) is 0 Å². The van der Waals surface area contributed by atoms with Crippen LogP contribution < -0.4 is 21.2 Å². The molecule has 2 aliphatic rings. The van der Waals surface area contributed by atoms with Gasteiger partial charge < -0.3 is 0 Å². The molecule has 4 aromatic carbocycles. The fourth-order valence-electron chi connectivity index (χ4n) is 5.82. The molecule has 0 spiro atoms. The number of rotatable bonds is 6. The maximum atomic E-state index is 4.76. The van der Waals surface area contributed by atoms with E-state index in [1.165, 1.54) is 51.4 Å². The van der Waals surface area contributed by atoms with Gasteiger partial charge in [-0.1, -0.05) is 147 Å². The minimum Gasteiger partial charge on any atom is -0.147 e. The fraction of sp³-hybridized carbons (Fsp3) is 0.314. The third kappa shape index (κ3) is 12.3. The van der Waals surface area contributed by atoms with Crippen LogP contribution in [0, 0.1) is 0 Å². The van der Waals surface area contributed by atoms with Gasteiger partial charge in [-0.25, -0.2) is 0 Å². The number of halogens is 3. The van der Waals surface area contributed by atoms with Gasteiger partial charge in [0.2, 0.25) is 0 Å². The summed E-state index contributed by atoms with van der Waals surface area (Å²) in [6, 6.07) is 44.5. The Morgan fingerprint density at radius 1 is 0.452 bits per heavy atom. The van der Waals surface area contributed by atoms with E-state index in [1.54, 1.807) is 21.2 Å². The molecule has 2 saturated carbocycles. The molecular weight excluding hydrogens is 751 g/mol. The van der Waals surface area contributed by atoms with Gasteiger partial charge in [0.1, 0.15) is 0 Å². The predicted octanol–water partition coefficient (Wildman–Crippen LogP) is 9.96. The van der Waals surface area contributed by atoms with Crippen LogP contribution in [0.15, 0.2) is 121 Å². The monoisotopic (exact) mass is 790 g/mol. The minimum atomic E-state index is -0.152. The van der Waals surface area contributed by atoms with E-state index in [1.807, 2.05) is 0 Å². The summed E-state index contributed by atoms with van der Waals surface area (Å²) in [7, 11) is -0.304. The van der Waals surface area contributed by atoms with Crippen LogP contribution in [0.1, 0.15) is 51.4 Å². The molecule has 0 unspecified atom stereocenters. The zero-order valence-corrected chi connectivity index (χ0v) is 30.6. The molecule has 0 atom stereocenters. The van der Waals surface area contributed by atoms with Crippen molar-refractivity contribution in [3.05, 3.63) is 121 Å². The van der Waals surface area contributed by atoms with Gasteiger partial charge in [0, 0.05) is 37.5 Å². The van der Waals surface area contributed by atoms with Crippen LogP contribution >= 0.6 is 51.5 Å². The first-order chi connectivity index (χ1) is 19.3. The molecule has 0 aliphatic heterocycles. The molecule has 230 valence electrons. The fourth-order valence-corrected chi connectivity index (χ4v) is 11.8. The van der Waals surface area contributed by atoms with Crippen molar-refractivity contribution in [2.24, 2.45) is 0 Å². The largest absolute Gasteiger partial charge is 0.147 e. The Morgan fingerprint density at radius 2 is 0.643 bits per heavy atom. The first kappa shape index (κ1) is 39.8. The Labute approximate surface area is 297 Å². The number of benzene rings is 4. The molecular formula is C35H41Cl3FeP2Pd. The van der Waals surface area contributed by atoms with Gasteiger partial charge in [-0.2, -0.15) is 0 Å². The normalized spacial score (nSPS) is 14.4. The molecule has 0 amide bonds. The first-order valence-electron chi connectivity index (χ1n) is 14.2. The number of alkyl halides is 2. The average Bonchev–Trinajstić information content (AvgIpc) is 3.72. The molecule has 7 heteroatoms. The molecule has 0 saturated heterocycles. The summed E-state index contributed by atoms with van der Waals surface area (Å²) in [5.74, 6) is 0. The number of hydrogen-bond acceptors (Lipinski definition) is 0. The third-order valence-corrected chi connectivity index (χ3v) is 13.4. The van der Waals surface area contributed by atoms with Crippen LogP contribution in [0.3, 0.4) is 0 Å². The van der Waals surface area contributed by atoms with Gasteiger partial charge in [-0.3, -0.25) is 0 Å². The summed E-state index contributed by atoms with van der Waals surface area (Å²) in [4.78, 5) is 0. The van der Waals surface area contributed by atoms with E-state index < -0.39 is 0 Å². The van der Waals surface area contributed by atoms with E-state index >= 15 is 0 Å². The molecule has 4 aromatic rings. The van der Waals surface area contributed by atoms with Crippen LogP contribution in [0.2, 0.25) is 0 Å². The van der Waals surface area contributed by atoms with Crippen molar-refractivity contribution in [2.45, 2.75) is 62.7 Å². The van der Waals surface area contributed by atoms with Crippen molar-refractivity contribution >= 4 is 72.7 Å². The molecule has 0 heterocycles. The Bertz CT molecular complexity index is 1000. The standard InChI is InChI=1S/2C17H19P.CH2Cl2.ClH.Fe.Pd/c2*1-3-9-15(10-4-1)18(17-13-7-8-14-17)16-11-5-2-6-12-16;2-1-3;;;/h2*1-6,9-12,17H,7-8,13-14H2;1H2;1H;;. The van der Waals surface area contributed by atoms with E-state index in [0.29, 0.717) is 0 Å². The van der Waals surface area contributed by atoms with Crippen molar-refractivity contribution in [3.63, 3.8) is 0 Å². The SMILES string of the molecule is Cl.ClCCl.[Fe].[Pd].c1ccc(P(c2ccccc2)C2CCCC2)cc1.c1ccc(P(c2ccccc2)C2CCCC2)cc1. The summed E-state index contributed by atoms with van der Waals surface area (Å²) < 4.78 is 0. The zero-order valence-electron chi connectivity index (χ0n) is 23.8. The van der Waals surface area contributed by atoms with Crippen LogP contribution in [0.4, 0.5) is 0 Å². The summed E-state index contributed by atoms with van der Waals surface area (Å²) in [5.41, 5.74) is 1.79. The van der Waals surface area contributed by atoms with Crippen molar-refractivity contribution in [2.75, 3.05) is 5.34 Å². The predicted molar refractivity (Wildman–Crippen MR) is 186 cm³/mol. The van der Waals surface area contributed by atoms with Crippen LogP contribution in [-0.4, -0.2) is 16.7 Å². The molecule has 42 heavy (non-hydrogen) atoms. The van der Waals surface area contributed by atoms with Crippen LogP contribution in [0.25, 0.3) is 0 Å².